The van der Waals surface area contributed by atoms with Gasteiger partial charge in [-0.25, -0.2) is 0 Å². The SMILES string of the molecule is COCCCPCCCCN. The number of hydrogen-bond acceptors (Lipinski definition) is 2. The second-order valence-corrected chi connectivity index (χ2v) is 4.09. The van der Waals surface area contributed by atoms with Crippen molar-refractivity contribution in [3.05, 3.63) is 0 Å². The third kappa shape index (κ3) is 10.4. The van der Waals surface area contributed by atoms with Crippen LogP contribution in [0.4, 0.5) is 0 Å². The maximum absolute atomic E-state index is 5.37. The van der Waals surface area contributed by atoms with Crippen LogP contribution in [0.2, 0.25) is 0 Å². The summed E-state index contributed by atoms with van der Waals surface area (Å²) in [6, 6.07) is 0. The Bertz CT molecular complexity index is 63.1. The number of methoxy groups -OCH3 is 1. The van der Waals surface area contributed by atoms with E-state index < -0.39 is 0 Å². The highest BCUT2D eigenvalue weighted by atomic mass is 31.1. The highest BCUT2D eigenvalue weighted by Crippen LogP contribution is 2.13. The quantitative estimate of drug-likeness (QED) is 0.450. The second-order valence-electron chi connectivity index (χ2n) is 2.59. The van der Waals surface area contributed by atoms with E-state index in [0.717, 1.165) is 21.7 Å². The standard InChI is InChI=1S/C8H20NOP/c1-10-6-4-8-11-7-3-2-5-9/h11H,2-9H2,1H3. The summed E-state index contributed by atoms with van der Waals surface area (Å²) in [4.78, 5) is 0. The fourth-order valence-electron chi connectivity index (χ4n) is 0.861. The van der Waals surface area contributed by atoms with Crippen molar-refractivity contribution in [2.24, 2.45) is 5.73 Å². The number of ether oxygens (including phenoxy) is 1. The zero-order valence-electron chi connectivity index (χ0n) is 7.44. The van der Waals surface area contributed by atoms with Crippen molar-refractivity contribution in [3.8, 4) is 0 Å². The lowest BCUT2D eigenvalue weighted by Crippen LogP contribution is -1.98. The molecule has 0 aliphatic heterocycles. The minimum absolute atomic E-state index is 0.850. The molecule has 11 heavy (non-hydrogen) atoms. The number of rotatable bonds is 8. The topological polar surface area (TPSA) is 35.2 Å². The van der Waals surface area contributed by atoms with Gasteiger partial charge in [0.05, 0.1) is 0 Å². The lowest BCUT2D eigenvalue weighted by atomic mass is 10.3. The Hall–Kier alpha value is 0.350. The smallest absolute Gasteiger partial charge is 0.0465 e. The first-order chi connectivity index (χ1) is 5.41. The average molecular weight is 177 g/mol. The van der Waals surface area contributed by atoms with E-state index in [2.05, 4.69) is 0 Å². The van der Waals surface area contributed by atoms with E-state index >= 15 is 0 Å². The van der Waals surface area contributed by atoms with E-state index in [1.165, 1.54) is 31.6 Å². The summed E-state index contributed by atoms with van der Waals surface area (Å²) >= 11 is 0. The van der Waals surface area contributed by atoms with Gasteiger partial charge < -0.3 is 10.5 Å². The number of unbranched alkanes of at least 4 members (excludes halogenated alkanes) is 1. The van der Waals surface area contributed by atoms with E-state index in [1.54, 1.807) is 7.11 Å². The molecule has 1 atom stereocenters. The summed E-state index contributed by atoms with van der Waals surface area (Å²) in [6.45, 7) is 1.77. The Morgan fingerprint density at radius 2 is 1.91 bits per heavy atom. The molecular weight excluding hydrogens is 157 g/mol. The van der Waals surface area contributed by atoms with Crippen LogP contribution >= 0.6 is 8.58 Å². The van der Waals surface area contributed by atoms with Crippen LogP contribution < -0.4 is 5.73 Å². The normalized spacial score (nSPS) is 11.5. The predicted molar refractivity (Wildman–Crippen MR) is 52.8 cm³/mol. The second kappa shape index (κ2) is 10.3. The summed E-state index contributed by atoms with van der Waals surface area (Å²) in [5.74, 6) is 0. The molecule has 0 spiro atoms. The van der Waals surface area contributed by atoms with E-state index in [-0.39, 0.29) is 0 Å². The van der Waals surface area contributed by atoms with Crippen molar-refractivity contribution in [2.75, 3.05) is 32.6 Å². The lowest BCUT2D eigenvalue weighted by molar-refractivity contribution is 0.200. The Morgan fingerprint density at radius 3 is 2.55 bits per heavy atom. The fraction of sp³-hybridized carbons (Fsp3) is 1.00. The molecule has 0 amide bonds. The predicted octanol–water partition coefficient (Wildman–Crippen LogP) is 1.44. The van der Waals surface area contributed by atoms with Gasteiger partial charge in [0.15, 0.2) is 0 Å². The van der Waals surface area contributed by atoms with Crippen molar-refractivity contribution >= 4 is 8.58 Å². The summed E-state index contributed by atoms with van der Waals surface area (Å²) in [7, 11) is 2.88. The molecule has 68 valence electrons. The van der Waals surface area contributed by atoms with Crippen LogP contribution in [0.5, 0.6) is 0 Å². The van der Waals surface area contributed by atoms with Crippen LogP contribution in [0.25, 0.3) is 0 Å². The maximum atomic E-state index is 5.37. The molecule has 2 nitrogen and oxygen atoms in total. The Kier molecular flexibility index (Phi) is 10.7. The molecule has 3 heteroatoms. The van der Waals surface area contributed by atoms with Gasteiger partial charge in [-0.3, -0.25) is 0 Å². The first kappa shape index (κ1) is 11.4. The van der Waals surface area contributed by atoms with Crippen LogP contribution in [0.3, 0.4) is 0 Å². The molecule has 1 unspecified atom stereocenters. The van der Waals surface area contributed by atoms with Gasteiger partial charge in [0.25, 0.3) is 0 Å². The van der Waals surface area contributed by atoms with Gasteiger partial charge in [-0.15, -0.1) is 8.58 Å². The number of hydrogen-bond donors (Lipinski definition) is 1. The van der Waals surface area contributed by atoms with E-state index in [9.17, 15) is 0 Å². The summed E-state index contributed by atoms with van der Waals surface area (Å²) in [6.07, 6.45) is 6.41. The zero-order valence-corrected chi connectivity index (χ0v) is 8.44. The average Bonchev–Trinajstić information content (AvgIpc) is 2.03. The third-order valence-corrected chi connectivity index (χ3v) is 2.92. The maximum Gasteiger partial charge on any atom is 0.0465 e. The Balaban J connectivity index is 2.69. The molecular formula is C8H20NOP. The summed E-state index contributed by atoms with van der Waals surface area (Å²) < 4.78 is 4.95. The van der Waals surface area contributed by atoms with Crippen molar-refractivity contribution in [2.45, 2.75) is 19.3 Å². The largest absolute Gasteiger partial charge is 0.385 e. The van der Waals surface area contributed by atoms with E-state index in [4.69, 9.17) is 10.5 Å². The molecule has 0 saturated carbocycles. The Morgan fingerprint density at radius 1 is 1.18 bits per heavy atom. The molecule has 0 radical (unpaired) electrons. The van der Waals surface area contributed by atoms with Crippen LogP contribution in [-0.4, -0.2) is 32.6 Å². The van der Waals surface area contributed by atoms with Gasteiger partial charge in [-0.1, -0.05) is 0 Å². The molecule has 0 aliphatic carbocycles. The van der Waals surface area contributed by atoms with Crippen molar-refractivity contribution in [3.63, 3.8) is 0 Å². The minimum atomic E-state index is 0.850. The zero-order chi connectivity index (χ0) is 8.36. The van der Waals surface area contributed by atoms with Gasteiger partial charge in [0, 0.05) is 13.7 Å². The molecule has 0 saturated heterocycles. The Labute approximate surface area is 71.7 Å². The molecule has 0 heterocycles. The van der Waals surface area contributed by atoms with Crippen LogP contribution in [0.15, 0.2) is 0 Å². The summed E-state index contributed by atoms with van der Waals surface area (Å²) in [5, 5.41) is 0. The molecule has 0 rings (SSSR count). The highest BCUT2D eigenvalue weighted by molar-refractivity contribution is 7.37. The lowest BCUT2D eigenvalue weighted by Gasteiger charge is -2.00. The molecule has 0 aliphatic rings. The fourth-order valence-corrected chi connectivity index (χ4v) is 2.01. The first-order valence-electron chi connectivity index (χ1n) is 4.31. The highest BCUT2D eigenvalue weighted by Gasteiger charge is 1.88. The third-order valence-electron chi connectivity index (χ3n) is 1.51. The van der Waals surface area contributed by atoms with Gasteiger partial charge in [-0.2, -0.15) is 0 Å². The van der Waals surface area contributed by atoms with Crippen LogP contribution in [0, 0.1) is 0 Å². The van der Waals surface area contributed by atoms with Crippen LogP contribution in [-0.2, 0) is 4.74 Å². The van der Waals surface area contributed by atoms with E-state index in [0.29, 0.717) is 0 Å². The monoisotopic (exact) mass is 177 g/mol. The molecule has 2 N–H and O–H groups in total. The molecule has 0 fully saturated rings. The minimum Gasteiger partial charge on any atom is -0.385 e. The summed E-state index contributed by atoms with van der Waals surface area (Å²) in [5.41, 5.74) is 5.37. The van der Waals surface area contributed by atoms with Gasteiger partial charge >= 0.3 is 0 Å². The molecule has 0 aromatic rings. The van der Waals surface area contributed by atoms with Gasteiger partial charge in [0.1, 0.15) is 0 Å². The van der Waals surface area contributed by atoms with Gasteiger partial charge in [-0.05, 0) is 38.1 Å². The molecule has 0 aromatic carbocycles. The van der Waals surface area contributed by atoms with Crippen LogP contribution in [0.1, 0.15) is 19.3 Å². The van der Waals surface area contributed by atoms with Crippen molar-refractivity contribution in [1.29, 1.82) is 0 Å². The van der Waals surface area contributed by atoms with Crippen molar-refractivity contribution < 1.29 is 4.74 Å². The molecule has 0 aromatic heterocycles. The van der Waals surface area contributed by atoms with E-state index in [1.807, 2.05) is 0 Å². The van der Waals surface area contributed by atoms with Gasteiger partial charge in [0.2, 0.25) is 0 Å². The molecule has 0 bridgehead atoms. The number of nitrogens with two attached hydrogens (primary N) is 1. The van der Waals surface area contributed by atoms with Crippen molar-refractivity contribution in [1.82, 2.24) is 0 Å². The first-order valence-corrected chi connectivity index (χ1v) is 5.73.